The molecule has 0 fully saturated rings. The fourth-order valence-corrected chi connectivity index (χ4v) is 3.66. The molecule has 0 aliphatic carbocycles. The van der Waals surface area contributed by atoms with Crippen LogP contribution in [0.3, 0.4) is 0 Å². The van der Waals surface area contributed by atoms with Crippen molar-refractivity contribution >= 4 is 9.84 Å². The van der Waals surface area contributed by atoms with Crippen molar-refractivity contribution in [2.75, 3.05) is 6.79 Å². The molecule has 0 saturated heterocycles. The van der Waals surface area contributed by atoms with Crippen molar-refractivity contribution in [1.29, 1.82) is 0 Å². The van der Waals surface area contributed by atoms with Crippen molar-refractivity contribution in [1.82, 2.24) is 0 Å². The van der Waals surface area contributed by atoms with E-state index in [-0.39, 0.29) is 11.7 Å². The third kappa shape index (κ3) is 2.40. The van der Waals surface area contributed by atoms with E-state index in [4.69, 9.17) is 16.0 Å². The van der Waals surface area contributed by atoms with E-state index in [2.05, 4.69) is 4.85 Å². The maximum atomic E-state index is 12.7. The van der Waals surface area contributed by atoms with Gasteiger partial charge in [0, 0.05) is 0 Å². The number of hydrogen-bond donors (Lipinski definition) is 0. The van der Waals surface area contributed by atoms with Gasteiger partial charge >= 0.3 is 5.37 Å². The first kappa shape index (κ1) is 14.4. The molecule has 0 spiro atoms. The normalized spacial score (nSPS) is 14.4. The van der Waals surface area contributed by atoms with E-state index in [1.807, 2.05) is 6.92 Å². The Hall–Kier alpha value is -2.52. The zero-order valence-electron chi connectivity index (χ0n) is 11.8. The van der Waals surface area contributed by atoms with Gasteiger partial charge in [-0.3, -0.25) is 4.85 Å². The Morgan fingerprint density at radius 2 is 1.77 bits per heavy atom. The van der Waals surface area contributed by atoms with E-state index in [1.165, 1.54) is 12.1 Å². The van der Waals surface area contributed by atoms with Crippen LogP contribution in [0.25, 0.3) is 4.85 Å². The summed E-state index contributed by atoms with van der Waals surface area (Å²) in [6, 6.07) is 11.2. The van der Waals surface area contributed by atoms with E-state index in [0.29, 0.717) is 17.1 Å². The number of rotatable bonds is 3. The van der Waals surface area contributed by atoms with Gasteiger partial charge in [0.2, 0.25) is 6.79 Å². The SMILES string of the molecule is [C-]#[N+][C@H](c1ccc2c(c1)OCO2)S(=O)(=O)c1ccc(C)cc1. The van der Waals surface area contributed by atoms with E-state index in [1.54, 1.807) is 30.3 Å². The van der Waals surface area contributed by atoms with Gasteiger partial charge in [0.05, 0.1) is 10.5 Å². The Balaban J connectivity index is 2.04. The first-order valence-corrected chi connectivity index (χ1v) is 8.13. The second-order valence-corrected chi connectivity index (χ2v) is 6.96. The molecular weight excluding hydrogens is 302 g/mol. The van der Waals surface area contributed by atoms with Crippen molar-refractivity contribution in [2.45, 2.75) is 17.2 Å². The number of fused-ring (bicyclic) bond motifs is 1. The fourth-order valence-electron chi connectivity index (χ4n) is 2.25. The minimum absolute atomic E-state index is 0.103. The standard InChI is InChI=1S/C16H13NO4S/c1-11-3-6-13(7-4-11)22(18,19)16(17-2)12-5-8-14-15(9-12)21-10-20-14/h3-9,16H,10H2,1H3/t16-/m0/s1. The molecule has 6 heteroatoms. The van der Waals surface area contributed by atoms with Gasteiger partial charge in [0.25, 0.3) is 9.84 Å². The molecule has 0 N–H and O–H groups in total. The van der Waals surface area contributed by atoms with Crippen LogP contribution in [-0.2, 0) is 9.84 Å². The lowest BCUT2D eigenvalue weighted by atomic mass is 10.2. The van der Waals surface area contributed by atoms with Crippen LogP contribution >= 0.6 is 0 Å². The molecule has 1 aliphatic heterocycles. The lowest BCUT2D eigenvalue weighted by molar-refractivity contribution is 0.174. The minimum atomic E-state index is -3.79. The number of hydrogen-bond acceptors (Lipinski definition) is 4. The summed E-state index contributed by atoms with van der Waals surface area (Å²) in [5.74, 6) is 1.02. The van der Waals surface area contributed by atoms with Gasteiger partial charge in [-0.2, -0.15) is 0 Å². The number of sulfone groups is 1. The lowest BCUT2D eigenvalue weighted by Gasteiger charge is -2.09. The third-order valence-corrected chi connectivity index (χ3v) is 5.34. The molecule has 0 aromatic heterocycles. The Morgan fingerprint density at radius 1 is 1.09 bits per heavy atom. The van der Waals surface area contributed by atoms with Gasteiger partial charge in [-0.1, -0.05) is 17.7 Å². The molecule has 1 atom stereocenters. The van der Waals surface area contributed by atoms with Crippen LogP contribution in [0.4, 0.5) is 0 Å². The average Bonchev–Trinajstić information content (AvgIpc) is 2.96. The van der Waals surface area contributed by atoms with Crippen LogP contribution < -0.4 is 9.47 Å². The number of ether oxygens (including phenoxy) is 2. The first-order valence-electron chi connectivity index (χ1n) is 6.59. The van der Waals surface area contributed by atoms with Crippen LogP contribution in [0.5, 0.6) is 11.5 Å². The molecule has 5 nitrogen and oxygen atoms in total. The summed E-state index contributed by atoms with van der Waals surface area (Å²) in [7, 11) is -3.79. The van der Waals surface area contributed by atoms with Crippen molar-refractivity contribution in [3.63, 3.8) is 0 Å². The molecule has 0 saturated carbocycles. The zero-order chi connectivity index (χ0) is 15.7. The highest BCUT2D eigenvalue weighted by atomic mass is 32.2. The summed E-state index contributed by atoms with van der Waals surface area (Å²) in [5.41, 5.74) is 1.33. The molecule has 2 aromatic carbocycles. The van der Waals surface area contributed by atoms with Crippen LogP contribution in [0.2, 0.25) is 0 Å². The minimum Gasteiger partial charge on any atom is -0.454 e. The summed E-state index contributed by atoms with van der Waals surface area (Å²) >= 11 is 0. The second-order valence-electron chi connectivity index (χ2n) is 4.95. The Labute approximate surface area is 128 Å². The Bertz CT molecular complexity index is 851. The van der Waals surface area contributed by atoms with Crippen LogP contribution in [0.15, 0.2) is 47.4 Å². The highest BCUT2D eigenvalue weighted by molar-refractivity contribution is 7.91. The highest BCUT2D eigenvalue weighted by Crippen LogP contribution is 2.38. The van der Waals surface area contributed by atoms with Gasteiger partial charge in [0.1, 0.15) is 0 Å². The van der Waals surface area contributed by atoms with Crippen molar-refractivity contribution < 1.29 is 17.9 Å². The fraction of sp³-hybridized carbons (Fsp3) is 0.188. The first-order chi connectivity index (χ1) is 10.5. The number of nitrogens with zero attached hydrogens (tertiary/aromatic N) is 1. The predicted molar refractivity (Wildman–Crippen MR) is 80.3 cm³/mol. The second kappa shape index (κ2) is 5.35. The highest BCUT2D eigenvalue weighted by Gasteiger charge is 2.35. The average molecular weight is 315 g/mol. The van der Waals surface area contributed by atoms with Gasteiger partial charge in [-0.15, -0.1) is 0 Å². The summed E-state index contributed by atoms with van der Waals surface area (Å²) in [6.45, 7) is 9.29. The third-order valence-electron chi connectivity index (χ3n) is 3.44. The maximum Gasteiger partial charge on any atom is 0.350 e. The molecular formula is C16H13NO4S. The predicted octanol–water partition coefficient (Wildman–Crippen LogP) is 3.12. The van der Waals surface area contributed by atoms with Crippen molar-refractivity contribution in [3.05, 3.63) is 65.0 Å². The largest absolute Gasteiger partial charge is 0.454 e. The van der Waals surface area contributed by atoms with E-state index in [0.717, 1.165) is 5.56 Å². The van der Waals surface area contributed by atoms with Gasteiger partial charge in [-0.05, 0) is 37.3 Å². The van der Waals surface area contributed by atoms with Gasteiger partial charge in [-0.25, -0.2) is 15.0 Å². The topological polar surface area (TPSA) is 57.0 Å². The molecule has 0 unspecified atom stereocenters. The van der Waals surface area contributed by atoms with E-state index >= 15 is 0 Å². The smallest absolute Gasteiger partial charge is 0.350 e. The molecule has 3 rings (SSSR count). The molecule has 1 aliphatic rings. The summed E-state index contributed by atoms with van der Waals surface area (Å²) in [5, 5.41) is -1.30. The van der Waals surface area contributed by atoms with E-state index < -0.39 is 15.2 Å². The zero-order valence-corrected chi connectivity index (χ0v) is 12.6. The summed E-state index contributed by atoms with van der Waals surface area (Å²) in [4.78, 5) is 3.46. The Kier molecular flexibility index (Phi) is 3.51. The number of benzene rings is 2. The quantitative estimate of drug-likeness (QED) is 0.817. The summed E-state index contributed by atoms with van der Waals surface area (Å²) < 4.78 is 35.8. The molecule has 112 valence electrons. The molecule has 22 heavy (non-hydrogen) atoms. The Morgan fingerprint density at radius 3 is 2.45 bits per heavy atom. The monoisotopic (exact) mass is 315 g/mol. The molecule has 0 radical (unpaired) electrons. The van der Waals surface area contributed by atoms with Crippen LogP contribution in [0, 0.1) is 13.5 Å². The van der Waals surface area contributed by atoms with E-state index in [9.17, 15) is 8.42 Å². The van der Waals surface area contributed by atoms with Gasteiger partial charge < -0.3 is 9.47 Å². The molecule has 0 bridgehead atoms. The molecule has 2 aromatic rings. The van der Waals surface area contributed by atoms with Crippen LogP contribution in [-0.4, -0.2) is 15.2 Å². The van der Waals surface area contributed by atoms with Crippen molar-refractivity contribution in [2.24, 2.45) is 0 Å². The summed E-state index contributed by atoms with van der Waals surface area (Å²) in [6.07, 6.45) is 0. The maximum absolute atomic E-state index is 12.7. The molecule has 1 heterocycles. The van der Waals surface area contributed by atoms with Crippen molar-refractivity contribution in [3.8, 4) is 11.5 Å². The van der Waals surface area contributed by atoms with Gasteiger partial charge in [0.15, 0.2) is 11.5 Å². The lowest BCUT2D eigenvalue weighted by Crippen LogP contribution is -2.10. The number of aryl methyl sites for hydroxylation is 1. The molecule has 0 amide bonds. The van der Waals surface area contributed by atoms with Crippen LogP contribution in [0.1, 0.15) is 16.5 Å².